The van der Waals surface area contributed by atoms with E-state index in [9.17, 15) is 23.1 Å². The minimum absolute atomic E-state index is 0.0307. The van der Waals surface area contributed by atoms with Crippen LogP contribution in [0.25, 0.3) is 0 Å². The second kappa shape index (κ2) is 5.81. The standard InChI is InChI=1S/C16H15F3N2O2/c17-16(18,19)12-8-13(10-6-7-10)20-21(15(12)23)9-14(22)11-4-2-1-3-5-11/h1-5,8,10,14,22H,6-7,9H2/t14-/m1/s1. The summed E-state index contributed by atoms with van der Waals surface area (Å²) in [6, 6.07) is 9.30. The van der Waals surface area contributed by atoms with Crippen LogP contribution < -0.4 is 5.56 Å². The van der Waals surface area contributed by atoms with Gasteiger partial charge in [0.1, 0.15) is 5.56 Å². The third-order valence-corrected chi connectivity index (χ3v) is 3.82. The van der Waals surface area contributed by atoms with Crippen LogP contribution in [-0.4, -0.2) is 14.9 Å². The number of rotatable bonds is 4. The van der Waals surface area contributed by atoms with E-state index in [2.05, 4.69) is 5.10 Å². The van der Waals surface area contributed by atoms with Crippen molar-refractivity contribution in [3.8, 4) is 0 Å². The van der Waals surface area contributed by atoms with Gasteiger partial charge in [-0.05, 0) is 24.5 Å². The number of aliphatic hydroxyl groups excluding tert-OH is 1. The van der Waals surface area contributed by atoms with Gasteiger partial charge in [0.15, 0.2) is 0 Å². The quantitative estimate of drug-likeness (QED) is 0.941. The van der Waals surface area contributed by atoms with Crippen molar-refractivity contribution in [3.05, 3.63) is 63.6 Å². The first-order chi connectivity index (χ1) is 10.9. The molecule has 1 aromatic heterocycles. The zero-order valence-electron chi connectivity index (χ0n) is 12.1. The molecule has 1 heterocycles. The number of hydrogen-bond donors (Lipinski definition) is 1. The molecule has 0 unspecified atom stereocenters. The molecule has 0 saturated heterocycles. The number of aromatic nitrogens is 2. The van der Waals surface area contributed by atoms with Gasteiger partial charge in [0, 0.05) is 5.92 Å². The molecule has 1 saturated carbocycles. The van der Waals surface area contributed by atoms with E-state index in [1.807, 2.05) is 0 Å². The molecule has 1 fully saturated rings. The molecule has 0 aliphatic heterocycles. The molecule has 23 heavy (non-hydrogen) atoms. The lowest BCUT2D eigenvalue weighted by molar-refractivity contribution is -0.139. The van der Waals surface area contributed by atoms with Crippen molar-refractivity contribution in [1.29, 1.82) is 0 Å². The van der Waals surface area contributed by atoms with Crippen LogP contribution in [0.15, 0.2) is 41.2 Å². The Kier molecular flexibility index (Phi) is 3.97. The van der Waals surface area contributed by atoms with Crippen LogP contribution in [0.1, 0.15) is 41.7 Å². The lowest BCUT2D eigenvalue weighted by Crippen LogP contribution is -2.33. The van der Waals surface area contributed by atoms with Gasteiger partial charge < -0.3 is 5.11 Å². The maximum absolute atomic E-state index is 13.0. The highest BCUT2D eigenvalue weighted by molar-refractivity contribution is 5.23. The summed E-state index contributed by atoms with van der Waals surface area (Å²) in [5.74, 6) is -0.0307. The summed E-state index contributed by atoms with van der Waals surface area (Å²) in [6.07, 6.45) is -4.30. The summed E-state index contributed by atoms with van der Waals surface area (Å²) < 4.78 is 39.9. The second-order valence-corrected chi connectivity index (χ2v) is 5.67. The van der Waals surface area contributed by atoms with Gasteiger partial charge in [-0.25, -0.2) is 4.68 Å². The minimum atomic E-state index is -4.73. The van der Waals surface area contributed by atoms with E-state index in [1.165, 1.54) is 0 Å². The Hall–Kier alpha value is -2.15. The van der Waals surface area contributed by atoms with Crippen LogP contribution >= 0.6 is 0 Å². The molecule has 4 nitrogen and oxygen atoms in total. The van der Waals surface area contributed by atoms with E-state index in [0.717, 1.165) is 23.6 Å². The van der Waals surface area contributed by atoms with Crippen LogP contribution in [0.4, 0.5) is 13.2 Å². The smallest absolute Gasteiger partial charge is 0.386 e. The molecule has 1 atom stereocenters. The molecule has 1 aliphatic rings. The fourth-order valence-electron chi connectivity index (χ4n) is 2.41. The molecule has 7 heteroatoms. The summed E-state index contributed by atoms with van der Waals surface area (Å²) in [5, 5.41) is 14.2. The Morgan fingerprint density at radius 2 is 1.91 bits per heavy atom. The molecule has 0 bridgehead atoms. The highest BCUT2D eigenvalue weighted by atomic mass is 19.4. The molecule has 1 N–H and O–H groups in total. The fourth-order valence-corrected chi connectivity index (χ4v) is 2.41. The van der Waals surface area contributed by atoms with Gasteiger partial charge >= 0.3 is 6.18 Å². The van der Waals surface area contributed by atoms with Crippen molar-refractivity contribution in [1.82, 2.24) is 9.78 Å². The summed E-state index contributed by atoms with van der Waals surface area (Å²) in [7, 11) is 0. The van der Waals surface area contributed by atoms with Crippen molar-refractivity contribution in [2.75, 3.05) is 0 Å². The molecular formula is C16H15F3N2O2. The maximum atomic E-state index is 13.0. The van der Waals surface area contributed by atoms with Gasteiger partial charge in [0.25, 0.3) is 5.56 Å². The average molecular weight is 324 g/mol. The second-order valence-electron chi connectivity index (χ2n) is 5.67. The van der Waals surface area contributed by atoms with E-state index in [1.54, 1.807) is 30.3 Å². The van der Waals surface area contributed by atoms with Crippen LogP contribution in [0.3, 0.4) is 0 Å². The van der Waals surface area contributed by atoms with Gasteiger partial charge in [-0.1, -0.05) is 30.3 Å². The van der Waals surface area contributed by atoms with Crippen LogP contribution in [0.2, 0.25) is 0 Å². The normalized spacial score (nSPS) is 16.3. The highest BCUT2D eigenvalue weighted by Gasteiger charge is 2.37. The minimum Gasteiger partial charge on any atom is -0.386 e. The topological polar surface area (TPSA) is 55.1 Å². The number of nitrogens with zero attached hydrogens (tertiary/aromatic N) is 2. The van der Waals surface area contributed by atoms with Crippen molar-refractivity contribution >= 4 is 0 Å². The zero-order valence-corrected chi connectivity index (χ0v) is 12.1. The monoisotopic (exact) mass is 324 g/mol. The van der Waals surface area contributed by atoms with Crippen molar-refractivity contribution < 1.29 is 18.3 Å². The van der Waals surface area contributed by atoms with Gasteiger partial charge in [-0.2, -0.15) is 18.3 Å². The molecule has 1 aromatic carbocycles. The summed E-state index contributed by atoms with van der Waals surface area (Å²) in [6.45, 7) is -0.313. The fraction of sp³-hybridized carbons (Fsp3) is 0.375. The predicted molar refractivity (Wildman–Crippen MR) is 76.9 cm³/mol. The van der Waals surface area contributed by atoms with E-state index >= 15 is 0 Å². The Labute approximate surface area is 130 Å². The first kappa shape index (κ1) is 15.7. The Bertz CT molecular complexity index is 752. The molecule has 122 valence electrons. The van der Waals surface area contributed by atoms with Crippen LogP contribution in [0, 0.1) is 0 Å². The third-order valence-electron chi connectivity index (χ3n) is 3.82. The number of benzene rings is 1. The van der Waals surface area contributed by atoms with Gasteiger partial charge in [-0.3, -0.25) is 4.79 Å². The molecular weight excluding hydrogens is 309 g/mol. The van der Waals surface area contributed by atoms with Crippen LogP contribution in [-0.2, 0) is 12.7 Å². The largest absolute Gasteiger partial charge is 0.421 e. The summed E-state index contributed by atoms with van der Waals surface area (Å²) in [5.41, 5.74) is -1.67. The van der Waals surface area contributed by atoms with E-state index in [4.69, 9.17) is 0 Å². The first-order valence-corrected chi connectivity index (χ1v) is 7.28. The third kappa shape index (κ3) is 3.44. The van der Waals surface area contributed by atoms with Gasteiger partial charge in [-0.15, -0.1) is 0 Å². The summed E-state index contributed by atoms with van der Waals surface area (Å²) >= 11 is 0. The molecule has 1 aliphatic carbocycles. The number of aliphatic hydroxyl groups is 1. The van der Waals surface area contributed by atoms with Crippen molar-refractivity contribution in [2.24, 2.45) is 0 Å². The first-order valence-electron chi connectivity index (χ1n) is 7.28. The zero-order chi connectivity index (χ0) is 16.6. The van der Waals surface area contributed by atoms with Crippen molar-refractivity contribution in [3.63, 3.8) is 0 Å². The maximum Gasteiger partial charge on any atom is 0.421 e. The van der Waals surface area contributed by atoms with E-state index in [0.29, 0.717) is 5.56 Å². The SMILES string of the molecule is O=c1c(C(F)(F)F)cc(C2CC2)nn1C[C@@H](O)c1ccccc1. The molecule has 0 amide bonds. The van der Waals surface area contributed by atoms with E-state index in [-0.39, 0.29) is 18.2 Å². The Morgan fingerprint density at radius 1 is 1.26 bits per heavy atom. The highest BCUT2D eigenvalue weighted by Crippen LogP contribution is 2.40. The lowest BCUT2D eigenvalue weighted by Gasteiger charge is -2.15. The predicted octanol–water partition coefficient (Wildman–Crippen LogP) is 2.87. The number of alkyl halides is 3. The van der Waals surface area contributed by atoms with Crippen LogP contribution in [0.5, 0.6) is 0 Å². The lowest BCUT2D eigenvalue weighted by atomic mass is 10.1. The molecule has 0 spiro atoms. The van der Waals surface area contributed by atoms with Crippen molar-refractivity contribution in [2.45, 2.75) is 37.6 Å². The molecule has 3 rings (SSSR count). The number of halogens is 3. The number of hydrogen-bond acceptors (Lipinski definition) is 3. The van der Waals surface area contributed by atoms with Gasteiger partial charge in [0.2, 0.25) is 0 Å². The van der Waals surface area contributed by atoms with E-state index < -0.39 is 23.4 Å². The Balaban J connectivity index is 1.98. The molecule has 2 aromatic rings. The van der Waals surface area contributed by atoms with Gasteiger partial charge in [0.05, 0.1) is 18.3 Å². The summed E-state index contributed by atoms with van der Waals surface area (Å²) in [4.78, 5) is 12.0. The average Bonchev–Trinajstić information content (AvgIpc) is 3.33. The molecule has 0 radical (unpaired) electrons. The Morgan fingerprint density at radius 3 is 2.48 bits per heavy atom.